The van der Waals surface area contributed by atoms with Crippen molar-refractivity contribution in [3.05, 3.63) is 64.0 Å². The van der Waals surface area contributed by atoms with Gasteiger partial charge >= 0.3 is 0 Å². The molecule has 0 radical (unpaired) electrons. The van der Waals surface area contributed by atoms with Crippen LogP contribution in [0, 0.1) is 17.5 Å². The zero-order valence-electron chi connectivity index (χ0n) is 23.5. The van der Waals surface area contributed by atoms with Crippen molar-refractivity contribution in [2.75, 3.05) is 18.6 Å². The van der Waals surface area contributed by atoms with Crippen molar-refractivity contribution in [1.29, 1.82) is 0 Å². The molecule has 0 bridgehead atoms. The maximum absolute atomic E-state index is 14.5. The zero-order valence-corrected chi connectivity index (χ0v) is 25.0. The van der Waals surface area contributed by atoms with Gasteiger partial charge in [0.15, 0.2) is 23.6 Å². The van der Waals surface area contributed by atoms with Crippen LogP contribution in [0.5, 0.6) is 0 Å². The van der Waals surface area contributed by atoms with E-state index in [-0.39, 0.29) is 21.3 Å². The summed E-state index contributed by atoms with van der Waals surface area (Å²) in [6.07, 6.45) is -1.80. The third-order valence-electron chi connectivity index (χ3n) is 8.12. The third kappa shape index (κ3) is 6.45. The highest BCUT2D eigenvalue weighted by Gasteiger charge is 2.52. The van der Waals surface area contributed by atoms with Crippen molar-refractivity contribution in [2.24, 2.45) is 0 Å². The summed E-state index contributed by atoms with van der Waals surface area (Å²) >= 11 is 12.6. The van der Waals surface area contributed by atoms with E-state index in [0.29, 0.717) is 18.5 Å². The number of aliphatic hydroxyl groups excluding tert-OH is 3. The second-order valence-corrected chi connectivity index (χ2v) is 11.8. The molecule has 1 aliphatic heterocycles. The fourth-order valence-electron chi connectivity index (χ4n) is 5.98. The minimum atomic E-state index is -1.64. The first-order chi connectivity index (χ1) is 21.0. The van der Waals surface area contributed by atoms with Crippen LogP contribution in [0.15, 0.2) is 36.5 Å². The lowest BCUT2D eigenvalue weighted by Gasteiger charge is -2.45. The minimum absolute atomic E-state index is 0.0588. The van der Waals surface area contributed by atoms with Crippen LogP contribution in [0.3, 0.4) is 0 Å². The number of carbonyl (C=O) groups excluding carboxylic acids is 1. The maximum atomic E-state index is 14.5. The number of benzene rings is 2. The highest BCUT2D eigenvalue weighted by Crippen LogP contribution is 2.37. The van der Waals surface area contributed by atoms with E-state index in [1.165, 1.54) is 36.4 Å². The predicted molar refractivity (Wildman–Crippen MR) is 154 cm³/mol. The van der Waals surface area contributed by atoms with Crippen LogP contribution in [0.2, 0.25) is 10.0 Å². The van der Waals surface area contributed by atoms with Crippen LogP contribution < -0.4 is 4.90 Å². The van der Waals surface area contributed by atoms with Crippen LogP contribution in [0.4, 0.5) is 18.9 Å². The molecule has 1 amide bonds. The molecule has 1 aliphatic carbocycles. The van der Waals surface area contributed by atoms with Gasteiger partial charge < -0.3 is 29.7 Å². The molecular weight excluding hydrogens is 628 g/mol. The second-order valence-electron chi connectivity index (χ2n) is 10.9. The molecule has 15 heteroatoms. The van der Waals surface area contributed by atoms with Crippen LogP contribution in [-0.2, 0) is 14.3 Å². The van der Waals surface area contributed by atoms with Gasteiger partial charge in [-0.25, -0.2) is 17.9 Å². The van der Waals surface area contributed by atoms with Gasteiger partial charge in [0.2, 0.25) is 0 Å². The van der Waals surface area contributed by atoms with E-state index in [1.807, 2.05) is 0 Å². The number of nitrogens with zero attached hydrogens (tertiary/aromatic N) is 4. The molecule has 7 atom stereocenters. The van der Waals surface area contributed by atoms with Crippen LogP contribution in [-0.4, -0.2) is 86.5 Å². The Kier molecular flexibility index (Phi) is 10.1. The van der Waals surface area contributed by atoms with Crippen molar-refractivity contribution >= 4 is 34.8 Å². The van der Waals surface area contributed by atoms with E-state index >= 15 is 0 Å². The first kappa shape index (κ1) is 32.6. The van der Waals surface area contributed by atoms with Crippen molar-refractivity contribution in [3.63, 3.8) is 0 Å². The number of hydrogen-bond donors (Lipinski definition) is 3. The fourth-order valence-corrected chi connectivity index (χ4v) is 6.50. The van der Waals surface area contributed by atoms with E-state index in [4.69, 9.17) is 32.7 Å². The molecule has 2 aliphatic rings. The van der Waals surface area contributed by atoms with Gasteiger partial charge in [-0.15, -0.1) is 5.10 Å². The quantitative estimate of drug-likeness (QED) is 0.256. The number of carbonyl (C=O) groups is 1. The van der Waals surface area contributed by atoms with E-state index in [9.17, 15) is 33.3 Å². The lowest BCUT2D eigenvalue weighted by atomic mass is 9.90. The lowest BCUT2D eigenvalue weighted by Crippen LogP contribution is -2.63. The van der Waals surface area contributed by atoms with Crippen molar-refractivity contribution < 1.29 is 42.8 Å². The maximum Gasteiger partial charge on any atom is 0.259 e. The van der Waals surface area contributed by atoms with Crippen molar-refractivity contribution in [1.82, 2.24) is 15.0 Å². The van der Waals surface area contributed by atoms with Gasteiger partial charge in [-0.1, -0.05) is 47.7 Å². The monoisotopic (exact) mass is 658 g/mol. The molecular formula is C29H31Cl2F3N4O6. The van der Waals surface area contributed by atoms with Crippen molar-refractivity contribution in [3.8, 4) is 11.3 Å². The third-order valence-corrected chi connectivity index (χ3v) is 8.55. The van der Waals surface area contributed by atoms with E-state index in [0.717, 1.165) is 36.1 Å². The number of methoxy groups -OCH3 is 1. The number of aromatic nitrogens is 3. The zero-order chi connectivity index (χ0) is 31.7. The molecule has 1 saturated carbocycles. The van der Waals surface area contributed by atoms with Gasteiger partial charge in [-0.2, -0.15) is 0 Å². The summed E-state index contributed by atoms with van der Waals surface area (Å²) < 4.78 is 54.2. The summed E-state index contributed by atoms with van der Waals surface area (Å²) in [7, 11) is 1.29. The van der Waals surface area contributed by atoms with Crippen LogP contribution >= 0.6 is 23.2 Å². The molecule has 238 valence electrons. The first-order valence-corrected chi connectivity index (χ1v) is 14.8. The molecule has 5 rings (SSSR count). The number of aliphatic hydroxyl groups is 3. The topological polar surface area (TPSA) is 130 Å². The summed E-state index contributed by atoms with van der Waals surface area (Å²) in [5, 5.41) is 40.9. The van der Waals surface area contributed by atoms with Crippen LogP contribution in [0.1, 0.15) is 38.1 Å². The smallest absolute Gasteiger partial charge is 0.259 e. The highest BCUT2D eigenvalue weighted by molar-refractivity contribution is 6.35. The Hall–Kier alpha value is -2.78. The standard InChI is InChI=1S/C29H31Cl2F3N4O6/c1-43-27-25(37-12-20(35-36-37)14-7-18(32)24(34)19(33)8-14)26(41)23(13-39)44-28(27)29(42)38(17-10-15(30)9-16(31)11-17)21-5-3-2-4-6-22(21)40/h7-12,21-23,25-28,39-41H,2-6,13H2,1H3/t21-,22-,23?,25?,26?,27?,28?/m0/s1. The number of hydrogen-bond acceptors (Lipinski definition) is 8. The summed E-state index contributed by atoms with van der Waals surface area (Å²) in [5.74, 6) is -5.15. The summed E-state index contributed by atoms with van der Waals surface area (Å²) in [6.45, 7) is -0.692. The molecule has 10 nitrogen and oxygen atoms in total. The molecule has 44 heavy (non-hydrogen) atoms. The van der Waals surface area contributed by atoms with Gasteiger partial charge in [0.25, 0.3) is 5.91 Å². The molecule has 0 spiro atoms. The van der Waals surface area contributed by atoms with Crippen LogP contribution in [0.25, 0.3) is 11.3 Å². The second kappa shape index (κ2) is 13.7. The molecule has 1 saturated heterocycles. The number of anilines is 1. The largest absolute Gasteiger partial charge is 0.394 e. The van der Waals surface area contributed by atoms with E-state index < -0.39 is 72.6 Å². The Morgan fingerprint density at radius 1 is 1.07 bits per heavy atom. The average molecular weight is 659 g/mol. The van der Waals surface area contributed by atoms with E-state index in [2.05, 4.69) is 10.3 Å². The number of halogens is 5. The lowest BCUT2D eigenvalue weighted by molar-refractivity contribution is -0.211. The predicted octanol–water partition coefficient (Wildman–Crippen LogP) is 4.07. The molecule has 2 aromatic carbocycles. The molecule has 3 aromatic rings. The van der Waals surface area contributed by atoms with Gasteiger partial charge in [0.1, 0.15) is 30.0 Å². The Bertz CT molecular complexity index is 1460. The highest BCUT2D eigenvalue weighted by atomic mass is 35.5. The Balaban J connectivity index is 1.55. The number of amides is 1. The fraction of sp³-hybridized carbons (Fsp3) is 0.483. The van der Waals surface area contributed by atoms with Gasteiger partial charge in [0.05, 0.1) is 24.9 Å². The van der Waals surface area contributed by atoms with Crippen molar-refractivity contribution in [2.45, 2.75) is 74.7 Å². The summed E-state index contributed by atoms with van der Waals surface area (Å²) in [4.78, 5) is 15.9. The molecule has 1 aromatic heterocycles. The normalized spacial score (nSPS) is 27.6. The molecule has 5 unspecified atom stereocenters. The number of rotatable bonds is 7. The first-order valence-electron chi connectivity index (χ1n) is 14.0. The Morgan fingerprint density at radius 2 is 1.73 bits per heavy atom. The van der Waals surface area contributed by atoms with Gasteiger partial charge in [0, 0.05) is 28.4 Å². The van der Waals surface area contributed by atoms with Gasteiger partial charge in [-0.05, 0) is 43.2 Å². The minimum Gasteiger partial charge on any atom is -0.394 e. The SMILES string of the molecule is COC1C(C(=O)N(c2cc(Cl)cc(Cl)c2)[C@H]2CCCCC[C@@H]2O)OC(CO)C(O)C1n1cc(-c2cc(F)c(F)c(F)c2)nn1. The Morgan fingerprint density at radius 3 is 2.36 bits per heavy atom. The molecule has 2 fully saturated rings. The summed E-state index contributed by atoms with van der Waals surface area (Å²) in [5.41, 5.74) is 0.126. The molecule has 3 N–H and O–H groups in total. The van der Waals surface area contributed by atoms with E-state index in [1.54, 1.807) is 0 Å². The Labute approximate surface area is 260 Å². The van der Waals surface area contributed by atoms with Gasteiger partial charge in [-0.3, -0.25) is 4.79 Å². The molecule has 2 heterocycles. The number of ether oxygens (including phenoxy) is 2. The average Bonchev–Trinajstić information content (AvgIpc) is 3.38. The summed E-state index contributed by atoms with van der Waals surface area (Å²) in [6, 6.07) is 4.19.